The number of methoxy groups -OCH3 is 1. The highest BCUT2D eigenvalue weighted by atomic mass is 19.4. The van der Waals surface area contributed by atoms with Crippen molar-refractivity contribution in [2.75, 3.05) is 13.7 Å². The number of pyridine rings is 2. The summed E-state index contributed by atoms with van der Waals surface area (Å²) in [6.07, 6.45) is -4.46. The molecule has 25 heavy (non-hydrogen) atoms. The van der Waals surface area contributed by atoms with Crippen LogP contribution >= 0.6 is 0 Å². The van der Waals surface area contributed by atoms with Gasteiger partial charge >= 0.3 is 6.18 Å². The van der Waals surface area contributed by atoms with Gasteiger partial charge < -0.3 is 14.5 Å². The van der Waals surface area contributed by atoms with Crippen molar-refractivity contribution in [1.82, 2.24) is 9.97 Å². The van der Waals surface area contributed by atoms with E-state index >= 15 is 0 Å². The van der Waals surface area contributed by atoms with Crippen LogP contribution in [0, 0.1) is 0 Å². The maximum atomic E-state index is 12.3. The van der Waals surface area contributed by atoms with Crippen LogP contribution in [0.1, 0.15) is 0 Å². The molecule has 2 heterocycles. The summed E-state index contributed by atoms with van der Waals surface area (Å²) in [6, 6.07) is 11.4. The van der Waals surface area contributed by atoms with Gasteiger partial charge in [0.1, 0.15) is 11.4 Å². The molecule has 3 aromatic rings. The molecule has 0 saturated carbocycles. The van der Waals surface area contributed by atoms with Gasteiger partial charge in [0.25, 0.3) is 5.56 Å². The molecule has 1 aromatic carbocycles. The van der Waals surface area contributed by atoms with Gasteiger partial charge in [-0.1, -0.05) is 12.1 Å². The summed E-state index contributed by atoms with van der Waals surface area (Å²) in [4.78, 5) is 18.7. The number of ether oxygens (including phenoxy) is 2. The van der Waals surface area contributed by atoms with Crippen LogP contribution in [-0.2, 0) is 0 Å². The summed E-state index contributed by atoms with van der Waals surface area (Å²) in [6.45, 7) is -1.44. The Kier molecular flexibility index (Phi) is 4.35. The van der Waals surface area contributed by atoms with Crippen molar-refractivity contribution < 1.29 is 22.6 Å². The fraction of sp³-hybridized carbons (Fsp3) is 0.176. The Hall–Kier alpha value is -3.03. The zero-order valence-electron chi connectivity index (χ0n) is 13.1. The number of halogens is 3. The largest absolute Gasteiger partial charge is 0.497 e. The third-order valence-corrected chi connectivity index (χ3v) is 3.46. The standard InChI is InChI=1S/C17H13F3N2O3/c1-24-12-5-2-10(3-6-12)13-8-11-4-7-14(25-9-17(18,19)20)21-15(11)22-16(13)23/h2-8H,9H2,1H3,(H,21,22,23). The number of benzene rings is 1. The Morgan fingerprint density at radius 2 is 1.84 bits per heavy atom. The van der Waals surface area contributed by atoms with Crippen LogP contribution in [0.4, 0.5) is 13.2 Å². The van der Waals surface area contributed by atoms with E-state index in [2.05, 4.69) is 14.7 Å². The molecule has 5 nitrogen and oxygen atoms in total. The second-order valence-corrected chi connectivity index (χ2v) is 5.23. The van der Waals surface area contributed by atoms with Crippen LogP contribution in [0.25, 0.3) is 22.2 Å². The molecule has 2 aromatic heterocycles. The number of aromatic amines is 1. The lowest BCUT2D eigenvalue weighted by Gasteiger charge is -2.09. The van der Waals surface area contributed by atoms with Crippen molar-refractivity contribution in [3.63, 3.8) is 0 Å². The highest BCUT2D eigenvalue weighted by Crippen LogP contribution is 2.23. The minimum Gasteiger partial charge on any atom is -0.497 e. The molecule has 0 radical (unpaired) electrons. The molecule has 0 amide bonds. The van der Waals surface area contributed by atoms with Gasteiger partial charge in [-0.15, -0.1) is 0 Å². The molecule has 0 atom stereocenters. The Labute approximate surface area is 140 Å². The van der Waals surface area contributed by atoms with Gasteiger partial charge in [0.2, 0.25) is 5.88 Å². The van der Waals surface area contributed by atoms with E-state index in [4.69, 9.17) is 4.74 Å². The minimum absolute atomic E-state index is 0.155. The molecular weight excluding hydrogens is 337 g/mol. The third kappa shape index (κ3) is 3.90. The lowest BCUT2D eigenvalue weighted by Crippen LogP contribution is -2.19. The van der Waals surface area contributed by atoms with Crippen molar-refractivity contribution in [2.45, 2.75) is 6.18 Å². The van der Waals surface area contributed by atoms with Crippen LogP contribution in [0.15, 0.2) is 47.3 Å². The van der Waals surface area contributed by atoms with Gasteiger partial charge in [-0.2, -0.15) is 18.2 Å². The van der Waals surface area contributed by atoms with E-state index < -0.39 is 18.3 Å². The van der Waals surface area contributed by atoms with Gasteiger partial charge in [0.15, 0.2) is 6.61 Å². The molecule has 0 bridgehead atoms. The number of hydrogen-bond donors (Lipinski definition) is 1. The maximum absolute atomic E-state index is 12.3. The molecule has 0 aliphatic heterocycles. The zero-order valence-corrected chi connectivity index (χ0v) is 13.1. The van der Waals surface area contributed by atoms with Crippen LogP contribution in [0.2, 0.25) is 0 Å². The maximum Gasteiger partial charge on any atom is 0.422 e. The van der Waals surface area contributed by atoms with Crippen molar-refractivity contribution in [3.8, 4) is 22.8 Å². The number of H-pyrrole nitrogens is 1. The predicted molar refractivity (Wildman–Crippen MR) is 85.9 cm³/mol. The molecule has 0 spiro atoms. The van der Waals surface area contributed by atoms with Gasteiger partial charge in [-0.3, -0.25) is 4.79 Å². The number of alkyl halides is 3. The number of hydrogen-bond acceptors (Lipinski definition) is 4. The van der Waals surface area contributed by atoms with Gasteiger partial charge in [0, 0.05) is 17.0 Å². The minimum atomic E-state index is -4.46. The molecule has 0 aliphatic rings. The third-order valence-electron chi connectivity index (χ3n) is 3.46. The summed E-state index contributed by atoms with van der Waals surface area (Å²) in [5, 5.41) is 0.574. The molecule has 0 unspecified atom stereocenters. The highest BCUT2D eigenvalue weighted by molar-refractivity contribution is 5.81. The second-order valence-electron chi connectivity index (χ2n) is 5.23. The Morgan fingerprint density at radius 1 is 1.12 bits per heavy atom. The summed E-state index contributed by atoms with van der Waals surface area (Å²) < 4.78 is 46.2. The molecule has 130 valence electrons. The number of aromatic nitrogens is 2. The van der Waals surface area contributed by atoms with E-state index in [1.807, 2.05) is 0 Å². The van der Waals surface area contributed by atoms with E-state index in [-0.39, 0.29) is 11.5 Å². The highest BCUT2D eigenvalue weighted by Gasteiger charge is 2.28. The van der Waals surface area contributed by atoms with Crippen molar-refractivity contribution in [1.29, 1.82) is 0 Å². The topological polar surface area (TPSA) is 64.2 Å². The average molecular weight is 350 g/mol. The van der Waals surface area contributed by atoms with E-state index in [0.717, 1.165) is 0 Å². The van der Waals surface area contributed by atoms with Crippen molar-refractivity contribution in [3.05, 3.63) is 52.8 Å². The normalized spacial score (nSPS) is 11.5. The van der Waals surface area contributed by atoms with Crippen LogP contribution in [0.5, 0.6) is 11.6 Å². The number of nitrogens with zero attached hydrogens (tertiary/aromatic N) is 1. The molecule has 1 N–H and O–H groups in total. The monoisotopic (exact) mass is 350 g/mol. The van der Waals surface area contributed by atoms with Crippen LogP contribution in [0.3, 0.4) is 0 Å². The van der Waals surface area contributed by atoms with E-state index in [1.54, 1.807) is 37.4 Å². The van der Waals surface area contributed by atoms with E-state index in [9.17, 15) is 18.0 Å². The van der Waals surface area contributed by atoms with E-state index in [0.29, 0.717) is 22.3 Å². The lowest BCUT2D eigenvalue weighted by molar-refractivity contribution is -0.154. The average Bonchev–Trinajstić information content (AvgIpc) is 2.58. The molecule has 0 fully saturated rings. The Morgan fingerprint density at radius 3 is 2.48 bits per heavy atom. The Balaban J connectivity index is 1.95. The zero-order chi connectivity index (χ0) is 18.0. The molecule has 8 heteroatoms. The molecule has 0 saturated heterocycles. The summed E-state index contributed by atoms with van der Waals surface area (Å²) in [5.41, 5.74) is 0.849. The fourth-order valence-corrected chi connectivity index (χ4v) is 2.29. The first-order valence-electron chi connectivity index (χ1n) is 7.24. The predicted octanol–water partition coefficient (Wildman–Crippen LogP) is 3.54. The molecule has 3 rings (SSSR count). The second kappa shape index (κ2) is 6.46. The SMILES string of the molecule is COc1ccc(-c2cc3ccc(OCC(F)(F)F)nc3[nH]c2=O)cc1. The van der Waals surface area contributed by atoms with Crippen LogP contribution < -0.4 is 15.0 Å². The first-order valence-corrected chi connectivity index (χ1v) is 7.24. The Bertz CT molecular complexity index is 950. The van der Waals surface area contributed by atoms with Crippen LogP contribution in [-0.4, -0.2) is 29.9 Å². The first kappa shape index (κ1) is 16.8. The molecule has 0 aliphatic carbocycles. The summed E-state index contributed by atoms with van der Waals surface area (Å²) in [5.74, 6) is 0.451. The fourth-order valence-electron chi connectivity index (χ4n) is 2.29. The van der Waals surface area contributed by atoms with Crippen molar-refractivity contribution >= 4 is 11.0 Å². The van der Waals surface area contributed by atoms with Gasteiger partial charge in [-0.25, -0.2) is 0 Å². The van der Waals surface area contributed by atoms with Gasteiger partial charge in [-0.05, 0) is 29.8 Å². The number of nitrogens with one attached hydrogen (secondary N) is 1. The van der Waals surface area contributed by atoms with E-state index in [1.165, 1.54) is 12.1 Å². The summed E-state index contributed by atoms with van der Waals surface area (Å²) >= 11 is 0. The summed E-state index contributed by atoms with van der Waals surface area (Å²) in [7, 11) is 1.54. The lowest BCUT2D eigenvalue weighted by atomic mass is 10.1. The van der Waals surface area contributed by atoms with Gasteiger partial charge in [0.05, 0.1) is 7.11 Å². The number of rotatable bonds is 4. The van der Waals surface area contributed by atoms with Crippen molar-refractivity contribution in [2.24, 2.45) is 0 Å². The number of fused-ring (bicyclic) bond motifs is 1. The smallest absolute Gasteiger partial charge is 0.422 e. The molecular formula is C17H13F3N2O3. The first-order chi connectivity index (χ1) is 11.9. The quantitative estimate of drug-likeness (QED) is 0.782.